The van der Waals surface area contributed by atoms with Crippen molar-refractivity contribution in [2.24, 2.45) is 5.92 Å². The molecule has 0 radical (unpaired) electrons. The van der Waals surface area contributed by atoms with Crippen LogP contribution in [0.25, 0.3) is 10.4 Å². The van der Waals surface area contributed by atoms with Crippen LogP contribution in [0.1, 0.15) is 44.9 Å². The van der Waals surface area contributed by atoms with E-state index in [9.17, 15) is 14.4 Å². The van der Waals surface area contributed by atoms with Gasteiger partial charge in [-0.05, 0) is 31.7 Å². The minimum Gasteiger partial charge on any atom is -0.493 e. The first-order valence-corrected chi connectivity index (χ1v) is 12.1. The van der Waals surface area contributed by atoms with Crippen LogP contribution < -0.4 is 15.4 Å². The third kappa shape index (κ3) is 5.38. The van der Waals surface area contributed by atoms with Gasteiger partial charge in [0.25, 0.3) is 0 Å². The zero-order chi connectivity index (χ0) is 25.0. The molecule has 1 aromatic carbocycles. The maximum atomic E-state index is 15.2. The zero-order valence-electron chi connectivity index (χ0n) is 20.1. The fourth-order valence-electron chi connectivity index (χ4n) is 4.21. The second-order valence-corrected chi connectivity index (χ2v) is 9.57. The van der Waals surface area contributed by atoms with Gasteiger partial charge < -0.3 is 20.3 Å². The molecule has 2 atom stereocenters. The first-order valence-electron chi connectivity index (χ1n) is 11.3. The van der Waals surface area contributed by atoms with Crippen LogP contribution in [-0.4, -0.2) is 53.3 Å². The van der Waals surface area contributed by atoms with Gasteiger partial charge in [-0.15, -0.1) is 11.3 Å². The quantitative estimate of drug-likeness (QED) is 0.593. The SMILES string of the molecule is COc1c(CNC(=O)[C@@H]2CCCN2C(=O)[C@@H](NC(C)=O)C(C)C)ccc(-c2scnc2C)c1F. The summed E-state index contributed by atoms with van der Waals surface area (Å²) in [6.07, 6.45) is 1.22. The van der Waals surface area contributed by atoms with Crippen molar-refractivity contribution in [2.75, 3.05) is 13.7 Å². The van der Waals surface area contributed by atoms with Gasteiger partial charge in [-0.2, -0.15) is 0 Å². The van der Waals surface area contributed by atoms with Crippen LogP contribution in [-0.2, 0) is 20.9 Å². The van der Waals surface area contributed by atoms with Gasteiger partial charge >= 0.3 is 0 Å². The lowest BCUT2D eigenvalue weighted by Crippen LogP contribution is -2.54. The van der Waals surface area contributed by atoms with E-state index in [1.807, 2.05) is 20.8 Å². The molecule has 2 aromatic rings. The minimum absolute atomic E-state index is 0.0543. The van der Waals surface area contributed by atoms with Crippen molar-refractivity contribution >= 4 is 29.1 Å². The number of methoxy groups -OCH3 is 1. The molecule has 2 heterocycles. The average Bonchev–Trinajstić information content (AvgIpc) is 3.44. The number of likely N-dealkylation sites (tertiary alicyclic amines) is 1. The largest absolute Gasteiger partial charge is 0.493 e. The normalized spacial score (nSPS) is 16.4. The molecule has 2 N–H and O–H groups in total. The molecule has 34 heavy (non-hydrogen) atoms. The van der Waals surface area contributed by atoms with Crippen molar-refractivity contribution in [1.82, 2.24) is 20.5 Å². The Morgan fingerprint density at radius 2 is 2.06 bits per heavy atom. The predicted octanol–water partition coefficient (Wildman–Crippen LogP) is 3.03. The molecule has 1 aliphatic heterocycles. The summed E-state index contributed by atoms with van der Waals surface area (Å²) in [6, 6.07) is 2.05. The molecule has 184 valence electrons. The number of ether oxygens (including phenoxy) is 1. The number of nitrogens with one attached hydrogen (secondary N) is 2. The molecule has 0 spiro atoms. The second-order valence-electron chi connectivity index (χ2n) is 8.72. The van der Waals surface area contributed by atoms with Gasteiger partial charge in [0.15, 0.2) is 11.6 Å². The number of rotatable bonds is 8. The van der Waals surface area contributed by atoms with E-state index in [1.165, 1.54) is 30.3 Å². The van der Waals surface area contributed by atoms with E-state index in [2.05, 4.69) is 15.6 Å². The Bertz CT molecular complexity index is 1070. The number of hydrogen-bond acceptors (Lipinski definition) is 6. The van der Waals surface area contributed by atoms with Gasteiger partial charge in [0.2, 0.25) is 17.7 Å². The van der Waals surface area contributed by atoms with E-state index in [1.54, 1.807) is 17.6 Å². The highest BCUT2D eigenvalue weighted by atomic mass is 32.1. The molecule has 1 aliphatic rings. The first-order chi connectivity index (χ1) is 16.1. The Labute approximate surface area is 202 Å². The van der Waals surface area contributed by atoms with E-state index in [0.29, 0.717) is 30.5 Å². The van der Waals surface area contributed by atoms with Gasteiger partial charge in [-0.25, -0.2) is 9.37 Å². The van der Waals surface area contributed by atoms with Crippen LogP contribution in [0.3, 0.4) is 0 Å². The molecular formula is C24H31FN4O4S. The van der Waals surface area contributed by atoms with Crippen LogP contribution >= 0.6 is 11.3 Å². The molecule has 1 aromatic heterocycles. The fourth-order valence-corrected chi connectivity index (χ4v) is 5.03. The summed E-state index contributed by atoms with van der Waals surface area (Å²) in [5.41, 5.74) is 3.29. The number of nitrogens with zero attached hydrogens (tertiary/aromatic N) is 2. The molecule has 0 unspecified atom stereocenters. The number of carbonyl (C=O) groups is 3. The molecule has 3 amide bonds. The van der Waals surface area contributed by atoms with Crippen molar-refractivity contribution in [3.8, 4) is 16.2 Å². The summed E-state index contributed by atoms with van der Waals surface area (Å²) in [4.78, 5) is 44.1. The van der Waals surface area contributed by atoms with Gasteiger partial charge in [0, 0.05) is 31.1 Å². The fraction of sp³-hybridized carbons (Fsp3) is 0.500. The topological polar surface area (TPSA) is 101 Å². The summed E-state index contributed by atoms with van der Waals surface area (Å²) in [5.74, 6) is -1.44. The molecule has 0 aliphatic carbocycles. The Hall–Kier alpha value is -3.01. The third-order valence-corrected chi connectivity index (χ3v) is 6.92. The average molecular weight is 491 g/mol. The monoisotopic (exact) mass is 490 g/mol. The maximum absolute atomic E-state index is 15.2. The van der Waals surface area contributed by atoms with Crippen molar-refractivity contribution < 1.29 is 23.5 Å². The molecule has 1 saturated heterocycles. The van der Waals surface area contributed by atoms with Crippen LogP contribution in [0.2, 0.25) is 0 Å². The molecular weight excluding hydrogens is 459 g/mol. The van der Waals surface area contributed by atoms with Crippen LogP contribution in [0, 0.1) is 18.7 Å². The van der Waals surface area contributed by atoms with Crippen LogP contribution in [0.15, 0.2) is 17.6 Å². The minimum atomic E-state index is -0.692. The molecule has 0 bridgehead atoms. The number of halogens is 1. The smallest absolute Gasteiger partial charge is 0.246 e. The Balaban J connectivity index is 1.73. The number of aromatic nitrogens is 1. The standard InChI is InChI=1S/C24H31FN4O4S/c1-13(2)20(28-15(4)30)24(32)29-10-6-7-18(29)23(31)26-11-16-8-9-17(19(25)21(16)33-5)22-14(3)27-12-34-22/h8-9,12-13,18,20H,6-7,10-11H2,1-5H3,(H,26,31)(H,28,30)/t18-,20-/m0/s1. The Morgan fingerprint density at radius 3 is 2.65 bits per heavy atom. The zero-order valence-corrected chi connectivity index (χ0v) is 20.9. The van der Waals surface area contributed by atoms with E-state index in [4.69, 9.17) is 4.74 Å². The maximum Gasteiger partial charge on any atom is 0.246 e. The summed E-state index contributed by atoms with van der Waals surface area (Å²) in [6.45, 7) is 7.38. The van der Waals surface area contributed by atoms with Gasteiger partial charge in [-0.1, -0.05) is 19.9 Å². The predicted molar refractivity (Wildman–Crippen MR) is 128 cm³/mol. The van der Waals surface area contributed by atoms with Crippen molar-refractivity contribution in [3.05, 3.63) is 34.7 Å². The van der Waals surface area contributed by atoms with E-state index in [-0.39, 0.29) is 35.9 Å². The summed E-state index contributed by atoms with van der Waals surface area (Å²) in [5, 5.41) is 5.52. The Morgan fingerprint density at radius 1 is 1.32 bits per heavy atom. The van der Waals surface area contributed by atoms with Crippen molar-refractivity contribution in [1.29, 1.82) is 0 Å². The number of amides is 3. The summed E-state index contributed by atoms with van der Waals surface area (Å²) >= 11 is 1.35. The molecule has 1 fully saturated rings. The highest BCUT2D eigenvalue weighted by Gasteiger charge is 2.38. The van der Waals surface area contributed by atoms with Crippen molar-refractivity contribution in [2.45, 2.75) is 59.2 Å². The van der Waals surface area contributed by atoms with E-state index in [0.717, 1.165) is 10.6 Å². The summed E-state index contributed by atoms with van der Waals surface area (Å²) in [7, 11) is 1.39. The summed E-state index contributed by atoms with van der Waals surface area (Å²) < 4.78 is 20.5. The Kier molecular flexibility index (Phi) is 8.24. The molecule has 8 nitrogen and oxygen atoms in total. The number of hydrogen-bond donors (Lipinski definition) is 2. The number of thiazole rings is 1. The second kappa shape index (κ2) is 10.9. The number of aryl methyl sites for hydroxylation is 1. The van der Waals surface area contributed by atoms with Crippen LogP contribution in [0.5, 0.6) is 5.75 Å². The highest BCUT2D eigenvalue weighted by Crippen LogP contribution is 2.35. The van der Waals surface area contributed by atoms with E-state index >= 15 is 4.39 Å². The number of benzene rings is 1. The van der Waals surface area contributed by atoms with Crippen molar-refractivity contribution in [3.63, 3.8) is 0 Å². The molecule has 0 saturated carbocycles. The van der Waals surface area contributed by atoms with Gasteiger partial charge in [0.05, 0.1) is 23.2 Å². The number of carbonyl (C=O) groups excluding carboxylic acids is 3. The molecule has 3 rings (SSSR count). The first kappa shape index (κ1) is 25.6. The van der Waals surface area contributed by atoms with Crippen LogP contribution in [0.4, 0.5) is 4.39 Å². The van der Waals surface area contributed by atoms with E-state index < -0.39 is 17.9 Å². The van der Waals surface area contributed by atoms with Gasteiger partial charge in [-0.3, -0.25) is 14.4 Å². The lowest BCUT2D eigenvalue weighted by Gasteiger charge is -2.30. The highest BCUT2D eigenvalue weighted by molar-refractivity contribution is 7.13. The lowest BCUT2D eigenvalue weighted by molar-refractivity contribution is -0.142. The third-order valence-electron chi connectivity index (χ3n) is 5.96. The molecule has 10 heteroatoms. The van der Waals surface area contributed by atoms with Gasteiger partial charge in [0.1, 0.15) is 12.1 Å². The lowest BCUT2D eigenvalue weighted by atomic mass is 10.0.